The minimum absolute atomic E-state index is 0.231. The maximum absolute atomic E-state index is 11.6. The van der Waals surface area contributed by atoms with E-state index < -0.39 is 8.32 Å². The number of esters is 1. The number of hydrogen-bond acceptors (Lipinski definition) is 3. The lowest BCUT2D eigenvalue weighted by atomic mass is 9.95. The van der Waals surface area contributed by atoms with Gasteiger partial charge in [-0.2, -0.15) is 0 Å². The molecule has 0 spiro atoms. The second-order valence-corrected chi connectivity index (χ2v) is 12.8. The second-order valence-electron chi connectivity index (χ2n) is 8.07. The Kier molecular flexibility index (Phi) is 5.36. The van der Waals surface area contributed by atoms with Crippen LogP contribution in [-0.2, 0) is 9.16 Å². The van der Waals surface area contributed by atoms with Crippen LogP contribution < -0.4 is 0 Å². The lowest BCUT2D eigenvalue weighted by Crippen LogP contribution is -2.44. The lowest BCUT2D eigenvalue weighted by molar-refractivity contribution is 0.0600. The largest absolute Gasteiger partial charge is 0.465 e. The first-order valence-corrected chi connectivity index (χ1v) is 11.4. The average Bonchev–Trinajstić information content (AvgIpc) is 2.93. The standard InChI is InChI=1S/C19H30O3Si/c1-19(2,3)23(5,6)22-17-9-7-8-16(17)14-10-12-15(13-11-14)18(20)21-4/h10-13,16-17H,7-9H2,1-6H3/t16-,17+/m1/s1. The monoisotopic (exact) mass is 334 g/mol. The zero-order valence-corrected chi connectivity index (χ0v) is 16.3. The summed E-state index contributed by atoms with van der Waals surface area (Å²) in [6.07, 6.45) is 3.81. The molecule has 2 rings (SSSR count). The summed E-state index contributed by atoms with van der Waals surface area (Å²) in [5, 5.41) is 0.231. The van der Waals surface area contributed by atoms with Crippen LogP contribution in [0.4, 0.5) is 0 Å². The van der Waals surface area contributed by atoms with Crippen LogP contribution in [0.15, 0.2) is 24.3 Å². The van der Waals surface area contributed by atoms with Gasteiger partial charge in [-0.3, -0.25) is 0 Å². The van der Waals surface area contributed by atoms with Crippen molar-refractivity contribution in [3.8, 4) is 0 Å². The number of ether oxygens (including phenoxy) is 1. The van der Waals surface area contributed by atoms with Crippen molar-refractivity contribution in [1.29, 1.82) is 0 Å². The summed E-state index contributed by atoms with van der Waals surface area (Å²) in [5.74, 6) is 0.160. The van der Waals surface area contributed by atoms with Gasteiger partial charge in [0.2, 0.25) is 0 Å². The molecule has 0 aromatic heterocycles. The van der Waals surface area contributed by atoms with Crippen molar-refractivity contribution in [2.45, 2.75) is 70.2 Å². The Morgan fingerprint density at radius 2 is 1.74 bits per heavy atom. The zero-order chi connectivity index (χ0) is 17.3. The molecule has 1 aromatic rings. The highest BCUT2D eigenvalue weighted by Crippen LogP contribution is 2.43. The molecule has 0 aliphatic heterocycles. The molecule has 0 heterocycles. The van der Waals surface area contributed by atoms with Gasteiger partial charge in [-0.25, -0.2) is 4.79 Å². The van der Waals surface area contributed by atoms with Crippen LogP contribution in [-0.4, -0.2) is 27.5 Å². The van der Waals surface area contributed by atoms with Gasteiger partial charge in [0.25, 0.3) is 0 Å². The molecule has 0 amide bonds. The molecule has 1 aliphatic rings. The van der Waals surface area contributed by atoms with E-state index in [9.17, 15) is 4.79 Å². The van der Waals surface area contributed by atoms with Crippen molar-refractivity contribution in [1.82, 2.24) is 0 Å². The normalized spacial score (nSPS) is 22.2. The number of benzene rings is 1. The van der Waals surface area contributed by atoms with E-state index in [0.717, 1.165) is 12.8 Å². The van der Waals surface area contributed by atoms with Gasteiger partial charge in [-0.05, 0) is 48.7 Å². The Morgan fingerprint density at radius 3 is 2.26 bits per heavy atom. The summed E-state index contributed by atoms with van der Waals surface area (Å²) in [5.41, 5.74) is 1.88. The van der Waals surface area contributed by atoms with E-state index in [-0.39, 0.29) is 11.0 Å². The first-order chi connectivity index (χ1) is 10.7. The highest BCUT2D eigenvalue weighted by Gasteiger charge is 2.42. The number of hydrogen-bond donors (Lipinski definition) is 0. The Bertz CT molecular complexity index is 543. The van der Waals surface area contributed by atoms with Crippen molar-refractivity contribution in [3.05, 3.63) is 35.4 Å². The van der Waals surface area contributed by atoms with Gasteiger partial charge in [0.05, 0.1) is 18.8 Å². The molecular formula is C19H30O3Si. The zero-order valence-electron chi connectivity index (χ0n) is 15.3. The van der Waals surface area contributed by atoms with Crippen molar-refractivity contribution in [2.75, 3.05) is 7.11 Å². The van der Waals surface area contributed by atoms with E-state index in [2.05, 4.69) is 46.0 Å². The lowest BCUT2D eigenvalue weighted by Gasteiger charge is -2.40. The molecule has 0 saturated heterocycles. The molecule has 23 heavy (non-hydrogen) atoms. The summed E-state index contributed by atoms with van der Waals surface area (Å²) in [6.45, 7) is 11.5. The first-order valence-electron chi connectivity index (χ1n) is 8.52. The van der Waals surface area contributed by atoms with Crippen molar-refractivity contribution in [3.63, 3.8) is 0 Å². The molecule has 1 aromatic carbocycles. The van der Waals surface area contributed by atoms with Gasteiger partial charge in [-0.15, -0.1) is 0 Å². The van der Waals surface area contributed by atoms with E-state index >= 15 is 0 Å². The van der Waals surface area contributed by atoms with Gasteiger partial charge >= 0.3 is 5.97 Å². The van der Waals surface area contributed by atoms with Crippen LogP contribution in [0.1, 0.15) is 61.9 Å². The smallest absolute Gasteiger partial charge is 0.337 e. The minimum atomic E-state index is -1.75. The number of rotatable bonds is 4. The molecule has 128 valence electrons. The highest BCUT2D eigenvalue weighted by atomic mass is 28.4. The molecule has 1 saturated carbocycles. The molecule has 0 N–H and O–H groups in total. The molecule has 2 atom stereocenters. The SMILES string of the molecule is COC(=O)c1ccc([C@H]2CCC[C@@H]2O[Si](C)(C)C(C)(C)C)cc1. The predicted molar refractivity (Wildman–Crippen MR) is 96.4 cm³/mol. The minimum Gasteiger partial charge on any atom is -0.465 e. The van der Waals surface area contributed by atoms with Gasteiger partial charge < -0.3 is 9.16 Å². The topological polar surface area (TPSA) is 35.5 Å². The van der Waals surface area contributed by atoms with Crippen LogP contribution >= 0.6 is 0 Å². The third-order valence-corrected chi connectivity index (χ3v) is 9.97. The van der Waals surface area contributed by atoms with Crippen molar-refractivity contribution in [2.24, 2.45) is 0 Å². The van der Waals surface area contributed by atoms with Crippen LogP contribution in [0.25, 0.3) is 0 Å². The fraction of sp³-hybridized carbons (Fsp3) is 0.632. The maximum Gasteiger partial charge on any atom is 0.337 e. The Hall–Kier alpha value is -1.13. The molecular weight excluding hydrogens is 304 g/mol. The fourth-order valence-corrected chi connectivity index (χ4v) is 4.38. The molecule has 1 aliphatic carbocycles. The summed E-state index contributed by atoms with van der Waals surface area (Å²) >= 11 is 0. The highest BCUT2D eigenvalue weighted by molar-refractivity contribution is 6.74. The van der Waals surface area contributed by atoms with Crippen molar-refractivity contribution >= 4 is 14.3 Å². The third kappa shape index (κ3) is 4.04. The Labute approximate surface area is 141 Å². The van der Waals surface area contributed by atoms with Crippen LogP contribution in [0.2, 0.25) is 18.1 Å². The summed E-state index contributed by atoms with van der Waals surface area (Å²) in [7, 11) is -0.340. The summed E-state index contributed by atoms with van der Waals surface area (Å²) < 4.78 is 11.4. The molecule has 0 radical (unpaired) electrons. The van der Waals surface area contributed by atoms with Crippen molar-refractivity contribution < 1.29 is 14.0 Å². The van der Waals surface area contributed by atoms with E-state index in [0.29, 0.717) is 17.6 Å². The van der Waals surface area contributed by atoms with Gasteiger partial charge in [0.15, 0.2) is 8.32 Å². The number of carbonyl (C=O) groups excluding carboxylic acids is 1. The first kappa shape index (κ1) is 18.2. The number of carbonyl (C=O) groups is 1. The Morgan fingerprint density at radius 1 is 1.13 bits per heavy atom. The number of methoxy groups -OCH3 is 1. The molecule has 0 unspecified atom stereocenters. The maximum atomic E-state index is 11.6. The third-order valence-electron chi connectivity index (χ3n) is 5.46. The quantitative estimate of drug-likeness (QED) is 0.565. The van der Waals surface area contributed by atoms with E-state index in [1.165, 1.54) is 19.1 Å². The molecule has 0 bridgehead atoms. The summed E-state index contributed by atoms with van der Waals surface area (Å²) in [6, 6.07) is 7.85. The van der Waals surface area contributed by atoms with E-state index in [4.69, 9.17) is 9.16 Å². The average molecular weight is 335 g/mol. The summed E-state index contributed by atoms with van der Waals surface area (Å²) in [4.78, 5) is 11.6. The van der Waals surface area contributed by atoms with Crippen LogP contribution in [0.3, 0.4) is 0 Å². The molecule has 3 nitrogen and oxygen atoms in total. The van der Waals surface area contributed by atoms with E-state index in [1.807, 2.05) is 12.1 Å². The molecule has 4 heteroatoms. The van der Waals surface area contributed by atoms with Crippen LogP contribution in [0, 0.1) is 0 Å². The van der Waals surface area contributed by atoms with Gasteiger partial charge in [0.1, 0.15) is 0 Å². The second kappa shape index (κ2) is 6.77. The van der Waals surface area contributed by atoms with Gasteiger partial charge in [0, 0.05) is 5.92 Å². The molecule has 1 fully saturated rings. The van der Waals surface area contributed by atoms with Gasteiger partial charge in [-0.1, -0.05) is 39.3 Å². The van der Waals surface area contributed by atoms with E-state index in [1.54, 1.807) is 0 Å². The Balaban J connectivity index is 2.14. The predicted octanol–water partition coefficient (Wildman–Crippen LogP) is 5.13. The van der Waals surface area contributed by atoms with Crippen LogP contribution in [0.5, 0.6) is 0 Å². The fourth-order valence-electron chi connectivity index (χ4n) is 2.99.